The van der Waals surface area contributed by atoms with E-state index in [2.05, 4.69) is 9.97 Å². The van der Waals surface area contributed by atoms with Crippen LogP contribution >= 0.6 is 46.4 Å². The van der Waals surface area contributed by atoms with E-state index in [1.54, 1.807) is 6.07 Å². The summed E-state index contributed by atoms with van der Waals surface area (Å²) in [6.45, 7) is 3.95. The molecule has 0 saturated heterocycles. The van der Waals surface area contributed by atoms with Gasteiger partial charge in [0.05, 0.1) is 0 Å². The van der Waals surface area contributed by atoms with Crippen molar-refractivity contribution in [1.82, 2.24) is 9.97 Å². The Labute approximate surface area is 103 Å². The van der Waals surface area contributed by atoms with Crippen LogP contribution in [-0.4, -0.2) is 9.97 Å². The largest absolute Gasteiger partial charge is 0.250 e. The highest BCUT2D eigenvalue weighted by atomic mass is 35.6. The van der Waals surface area contributed by atoms with Crippen molar-refractivity contribution in [1.29, 1.82) is 0 Å². The lowest BCUT2D eigenvalue weighted by atomic mass is 10.1. The Morgan fingerprint density at radius 1 is 1.21 bits per heavy atom. The Morgan fingerprint density at radius 2 is 1.79 bits per heavy atom. The van der Waals surface area contributed by atoms with Crippen LogP contribution in [-0.2, 0) is 3.79 Å². The summed E-state index contributed by atoms with van der Waals surface area (Å²) in [5, 5.41) is 0.282. The summed E-state index contributed by atoms with van der Waals surface area (Å²) in [5.41, 5.74) is 0.756. The lowest BCUT2D eigenvalue weighted by molar-refractivity contribution is 0.790. The zero-order chi connectivity index (χ0) is 10.9. The molecule has 0 aliphatic carbocycles. The van der Waals surface area contributed by atoms with Crippen molar-refractivity contribution < 1.29 is 0 Å². The molecule has 0 fully saturated rings. The monoisotopic (exact) mass is 272 g/mol. The lowest BCUT2D eigenvalue weighted by Crippen LogP contribution is -2.09. The van der Waals surface area contributed by atoms with Crippen LogP contribution in [0.5, 0.6) is 0 Å². The van der Waals surface area contributed by atoms with Crippen molar-refractivity contribution in [3.63, 3.8) is 0 Å². The maximum atomic E-state index is 5.77. The molecule has 0 spiro atoms. The summed E-state index contributed by atoms with van der Waals surface area (Å²) in [6, 6.07) is 1.66. The summed E-state index contributed by atoms with van der Waals surface area (Å²) < 4.78 is -1.63. The molecule has 14 heavy (non-hydrogen) atoms. The van der Waals surface area contributed by atoms with Gasteiger partial charge in [0, 0.05) is 5.69 Å². The number of alkyl halides is 3. The molecule has 0 aliphatic rings. The molecule has 0 radical (unpaired) electrons. The van der Waals surface area contributed by atoms with Crippen molar-refractivity contribution in [2.75, 3.05) is 0 Å². The molecule has 0 bridgehead atoms. The molecule has 0 aliphatic heterocycles. The van der Waals surface area contributed by atoms with Gasteiger partial charge in [-0.1, -0.05) is 60.3 Å². The maximum Gasteiger partial charge on any atom is 0.250 e. The fraction of sp³-hybridized carbons (Fsp3) is 0.500. The zero-order valence-electron chi connectivity index (χ0n) is 7.56. The number of rotatable bonds is 1. The van der Waals surface area contributed by atoms with Crippen LogP contribution in [0.2, 0.25) is 5.15 Å². The van der Waals surface area contributed by atoms with E-state index < -0.39 is 3.79 Å². The minimum Gasteiger partial charge on any atom is -0.233 e. The molecule has 6 heteroatoms. The van der Waals surface area contributed by atoms with Gasteiger partial charge in [-0.05, 0) is 12.0 Å². The topological polar surface area (TPSA) is 25.8 Å². The average Bonchev–Trinajstić information content (AvgIpc) is 2.01. The molecule has 2 nitrogen and oxygen atoms in total. The number of nitrogens with zero attached hydrogens (tertiary/aromatic N) is 2. The Kier molecular flexibility index (Phi) is 3.87. The fourth-order valence-corrected chi connectivity index (χ4v) is 1.30. The van der Waals surface area contributed by atoms with Gasteiger partial charge in [0.25, 0.3) is 0 Å². The van der Waals surface area contributed by atoms with Crippen LogP contribution in [0.4, 0.5) is 0 Å². The summed E-state index contributed by atoms with van der Waals surface area (Å²) in [4.78, 5) is 7.96. The highest BCUT2D eigenvalue weighted by molar-refractivity contribution is 6.66. The maximum absolute atomic E-state index is 5.77. The van der Waals surface area contributed by atoms with E-state index in [9.17, 15) is 0 Å². The van der Waals surface area contributed by atoms with Gasteiger partial charge in [0.1, 0.15) is 5.15 Å². The minimum atomic E-state index is -1.63. The number of hydrogen-bond acceptors (Lipinski definition) is 2. The van der Waals surface area contributed by atoms with Gasteiger partial charge in [-0.15, -0.1) is 0 Å². The Morgan fingerprint density at radius 3 is 2.21 bits per heavy atom. The van der Waals surface area contributed by atoms with E-state index in [0.29, 0.717) is 0 Å². The van der Waals surface area contributed by atoms with Gasteiger partial charge in [0.15, 0.2) is 5.82 Å². The van der Waals surface area contributed by atoms with E-state index in [0.717, 1.165) is 5.69 Å². The first-order chi connectivity index (χ1) is 6.30. The summed E-state index contributed by atoms with van der Waals surface area (Å²) in [7, 11) is 0. The lowest BCUT2D eigenvalue weighted by Gasteiger charge is -2.12. The van der Waals surface area contributed by atoms with Crippen molar-refractivity contribution in [3.05, 3.63) is 22.7 Å². The second kappa shape index (κ2) is 4.40. The third-order valence-corrected chi connectivity index (χ3v) is 2.26. The summed E-state index contributed by atoms with van der Waals surface area (Å²) in [5.74, 6) is 0.320. The van der Waals surface area contributed by atoms with E-state index in [-0.39, 0.29) is 16.9 Å². The van der Waals surface area contributed by atoms with Gasteiger partial charge >= 0.3 is 0 Å². The predicted octanol–water partition coefficient (Wildman–Crippen LogP) is 4.08. The zero-order valence-corrected chi connectivity index (χ0v) is 10.6. The SMILES string of the molecule is CC(C)c1cc(Cl)nc(C(Cl)(Cl)Cl)n1. The van der Waals surface area contributed by atoms with Crippen LogP contribution in [0.15, 0.2) is 6.07 Å². The second-order valence-electron chi connectivity index (χ2n) is 3.09. The highest BCUT2D eigenvalue weighted by Gasteiger charge is 2.27. The van der Waals surface area contributed by atoms with E-state index in [1.807, 2.05) is 13.8 Å². The van der Waals surface area contributed by atoms with Crippen LogP contribution in [0, 0.1) is 0 Å². The van der Waals surface area contributed by atoms with Crippen molar-refractivity contribution in [3.8, 4) is 0 Å². The molecule has 0 unspecified atom stereocenters. The normalized spacial score (nSPS) is 12.2. The Balaban J connectivity index is 3.21. The second-order valence-corrected chi connectivity index (χ2v) is 5.76. The van der Waals surface area contributed by atoms with Gasteiger partial charge in [-0.25, -0.2) is 9.97 Å². The average molecular weight is 274 g/mol. The van der Waals surface area contributed by atoms with Gasteiger partial charge < -0.3 is 0 Å². The number of hydrogen-bond donors (Lipinski definition) is 0. The van der Waals surface area contributed by atoms with Crippen molar-refractivity contribution in [2.24, 2.45) is 0 Å². The number of aromatic nitrogens is 2. The molecule has 0 saturated carbocycles. The quantitative estimate of drug-likeness (QED) is 0.569. The smallest absolute Gasteiger partial charge is 0.233 e. The van der Waals surface area contributed by atoms with Crippen molar-refractivity contribution in [2.45, 2.75) is 23.6 Å². The molecule has 1 rings (SSSR count). The standard InChI is InChI=1S/C8H8Cl4N2/c1-4(2)5-3-6(9)14-7(13-5)8(10,11)12/h3-4H,1-2H3. The summed E-state index contributed by atoms with van der Waals surface area (Å²) in [6.07, 6.45) is 0. The molecule has 1 aromatic heterocycles. The van der Waals surface area contributed by atoms with Gasteiger partial charge in [-0.3, -0.25) is 0 Å². The third-order valence-electron chi connectivity index (χ3n) is 1.56. The molecular weight excluding hydrogens is 266 g/mol. The van der Waals surface area contributed by atoms with E-state index in [4.69, 9.17) is 46.4 Å². The number of halogens is 4. The molecule has 78 valence electrons. The molecule has 0 amide bonds. The fourth-order valence-electron chi connectivity index (χ4n) is 0.858. The molecule has 1 heterocycles. The van der Waals surface area contributed by atoms with Crippen LogP contribution in [0.3, 0.4) is 0 Å². The first-order valence-corrected chi connectivity index (χ1v) is 5.43. The molecule has 1 aromatic rings. The molecule has 0 aromatic carbocycles. The third kappa shape index (κ3) is 3.13. The Bertz CT molecular complexity index is 333. The first kappa shape index (κ1) is 12.3. The van der Waals surface area contributed by atoms with Gasteiger partial charge in [-0.2, -0.15) is 0 Å². The molecule has 0 N–H and O–H groups in total. The van der Waals surface area contributed by atoms with Crippen LogP contribution < -0.4 is 0 Å². The van der Waals surface area contributed by atoms with Crippen LogP contribution in [0.25, 0.3) is 0 Å². The molecular formula is C8H8Cl4N2. The predicted molar refractivity (Wildman–Crippen MR) is 60.4 cm³/mol. The highest BCUT2D eigenvalue weighted by Crippen LogP contribution is 2.36. The molecule has 0 atom stereocenters. The van der Waals surface area contributed by atoms with Gasteiger partial charge in [0.2, 0.25) is 3.79 Å². The van der Waals surface area contributed by atoms with Crippen LogP contribution in [0.1, 0.15) is 31.3 Å². The Hall–Kier alpha value is 0.240. The van der Waals surface area contributed by atoms with E-state index >= 15 is 0 Å². The van der Waals surface area contributed by atoms with Crippen molar-refractivity contribution >= 4 is 46.4 Å². The van der Waals surface area contributed by atoms with E-state index in [1.165, 1.54) is 0 Å². The first-order valence-electron chi connectivity index (χ1n) is 3.92. The minimum absolute atomic E-state index is 0.110. The summed E-state index contributed by atoms with van der Waals surface area (Å²) >= 11 is 22.7.